The van der Waals surface area contributed by atoms with Gasteiger partial charge in [-0.3, -0.25) is 9.59 Å². The number of carbonyl (C=O) groups excluding carboxylic acids is 4. The molecule has 0 fully saturated rings. The Hall–Kier alpha value is -6.67. The van der Waals surface area contributed by atoms with Crippen molar-refractivity contribution in [1.29, 1.82) is 0 Å². The van der Waals surface area contributed by atoms with Crippen molar-refractivity contribution in [3.63, 3.8) is 0 Å². The van der Waals surface area contributed by atoms with Crippen LogP contribution >= 0.6 is 11.6 Å². The number of rotatable bonds is 8. The number of aryl methyl sites for hydroxylation is 2. The van der Waals surface area contributed by atoms with Gasteiger partial charge in [0.25, 0.3) is 17.7 Å². The van der Waals surface area contributed by atoms with Crippen molar-refractivity contribution in [1.82, 2.24) is 19.9 Å². The number of halogens is 1. The quantitative estimate of drug-likeness (QED) is 0.160. The lowest BCUT2D eigenvalue weighted by Crippen LogP contribution is -2.19. The maximum Gasteiger partial charge on any atom is 0.360 e. The molecule has 0 saturated heterocycles. The summed E-state index contributed by atoms with van der Waals surface area (Å²) in [4.78, 5) is 65.7. The molecule has 0 spiro atoms. The minimum atomic E-state index is -0.776. The Labute approximate surface area is 308 Å². The molecule has 14 nitrogen and oxygen atoms in total. The smallest absolute Gasteiger partial charge is 0.360 e. The van der Waals surface area contributed by atoms with Crippen molar-refractivity contribution in [2.75, 3.05) is 39.1 Å². The zero-order valence-electron chi connectivity index (χ0n) is 29.4. The molecule has 0 aliphatic carbocycles. The Kier molecular flexibility index (Phi) is 11.7. The predicted molar refractivity (Wildman–Crippen MR) is 198 cm³/mol. The van der Waals surface area contributed by atoms with Gasteiger partial charge in [0.15, 0.2) is 28.2 Å². The number of nitrogens with zero attached hydrogens (tertiary/aromatic N) is 4. The van der Waals surface area contributed by atoms with Crippen LogP contribution in [0.25, 0.3) is 21.5 Å². The van der Waals surface area contributed by atoms with E-state index in [2.05, 4.69) is 30.6 Å². The average Bonchev–Trinajstić information content (AvgIpc) is 3.18. The van der Waals surface area contributed by atoms with Gasteiger partial charge in [0.1, 0.15) is 0 Å². The molecule has 2 N–H and O–H groups in total. The van der Waals surface area contributed by atoms with Gasteiger partial charge >= 0.3 is 11.9 Å². The van der Waals surface area contributed by atoms with Crippen LogP contribution in [0.4, 0.5) is 11.6 Å². The molecule has 270 valence electrons. The highest BCUT2D eigenvalue weighted by Gasteiger charge is 2.23. The number of amides is 2. The Bertz CT molecular complexity index is 2390. The number of ether oxygens (including phenoxy) is 4. The summed E-state index contributed by atoms with van der Waals surface area (Å²) in [5.41, 5.74) is 2.68. The third-order valence-corrected chi connectivity index (χ3v) is 8.22. The zero-order valence-corrected chi connectivity index (χ0v) is 30.2. The number of hydrogen-bond acceptors (Lipinski definition) is 12. The molecule has 15 heteroatoms. The second-order valence-corrected chi connectivity index (χ2v) is 11.5. The van der Waals surface area contributed by atoms with E-state index in [0.29, 0.717) is 11.1 Å². The first-order valence-electron chi connectivity index (χ1n) is 15.8. The Morgan fingerprint density at radius 3 is 1.53 bits per heavy atom. The van der Waals surface area contributed by atoms with Crippen LogP contribution < -0.4 is 20.1 Å². The van der Waals surface area contributed by atoms with Gasteiger partial charge in [0, 0.05) is 11.1 Å². The molecule has 2 amide bonds. The molecular weight excluding hydrogens is 704 g/mol. The van der Waals surface area contributed by atoms with Gasteiger partial charge < -0.3 is 29.6 Å². The second kappa shape index (κ2) is 16.6. The van der Waals surface area contributed by atoms with Crippen molar-refractivity contribution >= 4 is 68.5 Å². The normalized spacial score (nSPS) is 10.5. The largest absolute Gasteiger partial charge is 0.480 e. The Balaban J connectivity index is 0.000000204. The number of fused-ring (bicyclic) bond motifs is 2. The monoisotopic (exact) mass is 736 g/mol. The summed E-state index contributed by atoms with van der Waals surface area (Å²) >= 11 is 5.99. The molecule has 2 aromatic heterocycles. The SMILES string of the molecule is COC(=O)c1nc(OC)c(Cl)nc1NC(=O)c1ccc(C)c2ccccc12.COC(=O)c1nc(OC)cnc1NC(=O)c1ccc(C)c2ccccc12. The molecule has 0 aliphatic rings. The molecule has 0 aliphatic heterocycles. The van der Waals surface area contributed by atoms with Gasteiger partial charge in [-0.25, -0.2) is 24.5 Å². The van der Waals surface area contributed by atoms with E-state index in [1.54, 1.807) is 12.1 Å². The number of esters is 2. The topological polar surface area (TPSA) is 181 Å². The first kappa shape index (κ1) is 37.6. The number of carbonyl (C=O) groups is 4. The van der Waals surface area contributed by atoms with Crippen molar-refractivity contribution in [3.05, 3.63) is 118 Å². The van der Waals surface area contributed by atoms with E-state index in [-0.39, 0.29) is 39.9 Å². The number of nitrogens with one attached hydrogen (secondary N) is 2. The second-order valence-electron chi connectivity index (χ2n) is 11.2. The summed E-state index contributed by atoms with van der Waals surface area (Å²) < 4.78 is 19.3. The van der Waals surface area contributed by atoms with Gasteiger partial charge in [-0.2, -0.15) is 4.98 Å². The Morgan fingerprint density at radius 1 is 0.585 bits per heavy atom. The van der Waals surface area contributed by atoms with Crippen molar-refractivity contribution < 1.29 is 38.1 Å². The third-order valence-electron chi connectivity index (χ3n) is 7.97. The minimum absolute atomic E-state index is 0.00676. The van der Waals surface area contributed by atoms with Crippen molar-refractivity contribution in [2.45, 2.75) is 13.8 Å². The van der Waals surface area contributed by atoms with Crippen LogP contribution in [0, 0.1) is 13.8 Å². The third kappa shape index (κ3) is 8.13. The van der Waals surface area contributed by atoms with E-state index in [1.165, 1.54) is 34.6 Å². The molecule has 0 saturated carbocycles. The van der Waals surface area contributed by atoms with E-state index in [4.69, 9.17) is 30.5 Å². The summed E-state index contributed by atoms with van der Waals surface area (Å²) in [7, 11) is 5.17. The van der Waals surface area contributed by atoms with E-state index < -0.39 is 23.8 Å². The summed E-state index contributed by atoms with van der Waals surface area (Å²) in [5.74, 6) is -2.35. The highest BCUT2D eigenvalue weighted by Crippen LogP contribution is 2.27. The molecule has 0 unspecified atom stereocenters. The van der Waals surface area contributed by atoms with Crippen LogP contribution in [0.2, 0.25) is 5.15 Å². The lowest BCUT2D eigenvalue weighted by Gasteiger charge is -2.12. The summed E-state index contributed by atoms with van der Waals surface area (Å²) in [5, 5.41) is 8.67. The maximum absolute atomic E-state index is 12.9. The lowest BCUT2D eigenvalue weighted by molar-refractivity contribution is 0.0585. The van der Waals surface area contributed by atoms with Crippen LogP contribution in [-0.2, 0) is 9.47 Å². The Morgan fingerprint density at radius 2 is 1.06 bits per heavy atom. The fraction of sp³-hybridized carbons (Fsp3) is 0.158. The van der Waals surface area contributed by atoms with Crippen LogP contribution in [0.15, 0.2) is 79.0 Å². The average molecular weight is 737 g/mol. The fourth-order valence-electron chi connectivity index (χ4n) is 5.30. The molecule has 0 radical (unpaired) electrons. The molecule has 4 aromatic carbocycles. The predicted octanol–water partition coefficient (Wildman–Crippen LogP) is 6.62. The minimum Gasteiger partial charge on any atom is -0.480 e. The van der Waals surface area contributed by atoms with Gasteiger partial charge in [-0.15, -0.1) is 0 Å². The van der Waals surface area contributed by atoms with Crippen LogP contribution in [0.1, 0.15) is 52.8 Å². The van der Waals surface area contributed by atoms with Crippen LogP contribution in [-0.4, -0.2) is 72.1 Å². The van der Waals surface area contributed by atoms with Crippen LogP contribution in [0.3, 0.4) is 0 Å². The number of methoxy groups -OCH3 is 4. The van der Waals surface area contributed by atoms with Gasteiger partial charge in [-0.1, -0.05) is 72.3 Å². The van der Waals surface area contributed by atoms with Crippen molar-refractivity contribution in [2.24, 2.45) is 0 Å². The first-order valence-corrected chi connectivity index (χ1v) is 16.2. The molecular formula is C38H33ClN6O8. The highest BCUT2D eigenvalue weighted by atomic mass is 35.5. The van der Waals surface area contributed by atoms with E-state index in [9.17, 15) is 19.2 Å². The lowest BCUT2D eigenvalue weighted by atomic mass is 10.00. The van der Waals surface area contributed by atoms with E-state index >= 15 is 0 Å². The van der Waals surface area contributed by atoms with Gasteiger partial charge in [0.2, 0.25) is 5.88 Å². The zero-order chi connectivity index (χ0) is 38.2. The standard InChI is InChI=1S/C19H16ClN3O4.C19H17N3O4/c1-10-8-9-13(12-7-5-4-6-11(10)12)17(24)23-16-14(19(25)27-3)21-18(26-2)15(20)22-16;1-11-8-9-14(13-7-5-4-6-12(11)13)18(23)22-17-16(19(24)26-3)21-15(25-2)10-20-17/h4-9H,1-3H3,(H,22,23,24);4-10H,1-3H3,(H,20,22,23). The summed E-state index contributed by atoms with van der Waals surface area (Å²) in [6, 6.07) is 22.3. The van der Waals surface area contributed by atoms with E-state index in [1.807, 2.05) is 74.5 Å². The summed E-state index contributed by atoms with van der Waals surface area (Å²) in [6.07, 6.45) is 1.31. The number of aromatic nitrogens is 4. The number of anilines is 2. The maximum atomic E-state index is 12.9. The number of hydrogen-bond donors (Lipinski definition) is 2. The van der Waals surface area contributed by atoms with Gasteiger partial charge in [-0.05, 0) is 58.7 Å². The summed E-state index contributed by atoms with van der Waals surface area (Å²) in [6.45, 7) is 3.95. The molecule has 0 atom stereocenters. The molecule has 6 rings (SSSR count). The molecule has 2 heterocycles. The van der Waals surface area contributed by atoms with E-state index in [0.717, 1.165) is 32.7 Å². The number of benzene rings is 4. The molecule has 6 aromatic rings. The molecule has 0 bridgehead atoms. The van der Waals surface area contributed by atoms with Crippen LogP contribution in [0.5, 0.6) is 11.8 Å². The highest BCUT2D eigenvalue weighted by molar-refractivity contribution is 6.31. The van der Waals surface area contributed by atoms with Gasteiger partial charge in [0.05, 0.1) is 34.6 Å². The fourth-order valence-corrected chi connectivity index (χ4v) is 5.51. The molecule has 53 heavy (non-hydrogen) atoms. The van der Waals surface area contributed by atoms with Crippen molar-refractivity contribution in [3.8, 4) is 11.8 Å². The first-order chi connectivity index (χ1) is 25.5.